The Labute approximate surface area is 79.5 Å². The molecule has 4 nitrogen and oxygen atoms in total. The first-order valence-electron chi connectivity index (χ1n) is 4.28. The van der Waals surface area contributed by atoms with E-state index in [4.69, 9.17) is 6.42 Å². The Hall–Kier alpha value is -0.570. The van der Waals surface area contributed by atoms with Crippen molar-refractivity contribution in [2.24, 2.45) is 0 Å². The number of rotatable bonds is 3. The number of hydrogen-bond acceptors (Lipinski definition) is 2. The summed E-state index contributed by atoms with van der Waals surface area (Å²) in [5, 5.41) is 0. The average molecular weight is 202 g/mol. The number of nitrogens with one attached hydrogen (secondary N) is 1. The van der Waals surface area contributed by atoms with Crippen molar-refractivity contribution in [1.82, 2.24) is 9.03 Å². The van der Waals surface area contributed by atoms with Crippen molar-refractivity contribution in [1.29, 1.82) is 0 Å². The van der Waals surface area contributed by atoms with Crippen LogP contribution in [0.2, 0.25) is 0 Å². The Morgan fingerprint density at radius 1 is 1.69 bits per heavy atom. The van der Waals surface area contributed by atoms with Crippen molar-refractivity contribution in [3.63, 3.8) is 0 Å². The van der Waals surface area contributed by atoms with Crippen LogP contribution in [0.25, 0.3) is 0 Å². The zero-order valence-corrected chi connectivity index (χ0v) is 8.47. The molecule has 0 saturated carbocycles. The van der Waals surface area contributed by atoms with Crippen LogP contribution in [0.4, 0.5) is 0 Å². The van der Waals surface area contributed by atoms with Crippen LogP contribution < -0.4 is 4.72 Å². The molecule has 0 bridgehead atoms. The minimum absolute atomic E-state index is 0.0611. The third-order valence-electron chi connectivity index (χ3n) is 2.16. The molecule has 0 spiro atoms. The van der Waals surface area contributed by atoms with Gasteiger partial charge in [-0.1, -0.05) is 5.92 Å². The minimum atomic E-state index is -3.33. The van der Waals surface area contributed by atoms with Crippen molar-refractivity contribution in [3.8, 4) is 12.3 Å². The third kappa shape index (κ3) is 2.44. The monoisotopic (exact) mass is 202 g/mol. The molecule has 1 rings (SSSR count). The summed E-state index contributed by atoms with van der Waals surface area (Å²) in [6.45, 7) is 2.56. The highest BCUT2D eigenvalue weighted by Crippen LogP contribution is 2.18. The highest BCUT2D eigenvalue weighted by Gasteiger charge is 2.30. The molecule has 5 heteroatoms. The van der Waals surface area contributed by atoms with Crippen molar-refractivity contribution in [2.75, 3.05) is 13.1 Å². The summed E-state index contributed by atoms with van der Waals surface area (Å²) < 4.78 is 26.8. The van der Waals surface area contributed by atoms with E-state index in [9.17, 15) is 8.42 Å². The summed E-state index contributed by atoms with van der Waals surface area (Å²) in [6.07, 6.45) is 6.83. The summed E-state index contributed by atoms with van der Waals surface area (Å²) in [5.74, 6) is 2.25. The van der Waals surface area contributed by atoms with Gasteiger partial charge in [0, 0.05) is 12.6 Å². The van der Waals surface area contributed by atoms with Crippen LogP contribution in [0.5, 0.6) is 0 Å². The van der Waals surface area contributed by atoms with Crippen LogP contribution in [-0.2, 0) is 10.2 Å². The average Bonchev–Trinajstić information content (AvgIpc) is 2.48. The molecule has 1 aliphatic heterocycles. The Kier molecular flexibility index (Phi) is 3.31. The predicted molar refractivity (Wildman–Crippen MR) is 51.2 cm³/mol. The molecule has 0 amide bonds. The van der Waals surface area contributed by atoms with E-state index >= 15 is 0 Å². The quantitative estimate of drug-likeness (QED) is 0.652. The molecular weight excluding hydrogens is 188 g/mol. The first kappa shape index (κ1) is 10.5. The molecule has 0 radical (unpaired) electrons. The van der Waals surface area contributed by atoms with Gasteiger partial charge in [0.05, 0.1) is 6.54 Å². The van der Waals surface area contributed by atoms with Crippen LogP contribution in [0.3, 0.4) is 0 Å². The standard InChI is InChI=1S/C8H14N2O2S/c1-3-6-9-13(11,12)10-7-4-5-8(10)2/h1,8-9H,4-7H2,2H3. The number of nitrogens with zero attached hydrogens (tertiary/aromatic N) is 1. The van der Waals surface area contributed by atoms with Gasteiger partial charge in [-0.05, 0) is 19.8 Å². The number of hydrogen-bond donors (Lipinski definition) is 1. The molecule has 1 unspecified atom stereocenters. The minimum Gasteiger partial charge on any atom is -0.195 e. The smallest absolute Gasteiger partial charge is 0.195 e. The van der Waals surface area contributed by atoms with Crippen LogP contribution in [0.15, 0.2) is 0 Å². The maximum absolute atomic E-state index is 11.5. The van der Waals surface area contributed by atoms with Gasteiger partial charge in [0.2, 0.25) is 0 Å². The first-order valence-corrected chi connectivity index (χ1v) is 5.72. The SMILES string of the molecule is C#CCNS(=O)(=O)N1CCCC1C. The highest BCUT2D eigenvalue weighted by atomic mass is 32.2. The fourth-order valence-electron chi connectivity index (χ4n) is 1.48. The lowest BCUT2D eigenvalue weighted by Crippen LogP contribution is -2.42. The summed E-state index contributed by atoms with van der Waals surface area (Å²) >= 11 is 0. The third-order valence-corrected chi connectivity index (χ3v) is 3.83. The summed E-state index contributed by atoms with van der Waals surface area (Å²) in [7, 11) is -3.33. The molecule has 1 atom stereocenters. The lowest BCUT2D eigenvalue weighted by atomic mass is 10.3. The summed E-state index contributed by atoms with van der Waals surface area (Å²) in [6, 6.07) is 0.0928. The van der Waals surface area contributed by atoms with E-state index < -0.39 is 10.2 Å². The molecule has 0 aliphatic carbocycles. The molecule has 1 fully saturated rings. The van der Waals surface area contributed by atoms with Crippen LogP contribution in [0, 0.1) is 12.3 Å². The highest BCUT2D eigenvalue weighted by molar-refractivity contribution is 7.87. The molecule has 0 aromatic rings. The maximum Gasteiger partial charge on any atom is 0.280 e. The van der Waals surface area contributed by atoms with Crippen LogP contribution >= 0.6 is 0 Å². The van der Waals surface area contributed by atoms with Gasteiger partial charge in [-0.15, -0.1) is 6.42 Å². The molecule has 0 aromatic heterocycles. The normalized spacial score (nSPS) is 24.5. The van der Waals surface area contributed by atoms with Gasteiger partial charge < -0.3 is 0 Å². The molecule has 1 aliphatic rings. The predicted octanol–water partition coefficient (Wildman–Crippen LogP) is -0.0617. The van der Waals surface area contributed by atoms with Crippen LogP contribution in [-0.4, -0.2) is 31.9 Å². The molecular formula is C8H14N2O2S. The lowest BCUT2D eigenvalue weighted by Gasteiger charge is -2.20. The van der Waals surface area contributed by atoms with E-state index in [-0.39, 0.29) is 12.6 Å². The summed E-state index contributed by atoms with van der Waals surface area (Å²) in [4.78, 5) is 0. The second kappa shape index (κ2) is 4.09. The van der Waals surface area contributed by atoms with E-state index in [2.05, 4.69) is 10.6 Å². The van der Waals surface area contributed by atoms with E-state index in [0.717, 1.165) is 12.8 Å². The van der Waals surface area contributed by atoms with E-state index in [1.807, 2.05) is 6.92 Å². The fourth-order valence-corrected chi connectivity index (χ4v) is 2.86. The second-order valence-corrected chi connectivity index (χ2v) is 4.84. The number of terminal acetylenes is 1. The van der Waals surface area contributed by atoms with E-state index in [1.165, 1.54) is 4.31 Å². The summed E-state index contributed by atoms with van der Waals surface area (Å²) in [5.41, 5.74) is 0. The van der Waals surface area contributed by atoms with Gasteiger partial charge in [0.15, 0.2) is 0 Å². The molecule has 0 aromatic carbocycles. The van der Waals surface area contributed by atoms with E-state index in [0.29, 0.717) is 6.54 Å². The van der Waals surface area contributed by atoms with Crippen LogP contribution in [0.1, 0.15) is 19.8 Å². The zero-order chi connectivity index (χ0) is 9.90. The first-order chi connectivity index (χ1) is 6.08. The maximum atomic E-state index is 11.5. The van der Waals surface area contributed by atoms with Gasteiger partial charge in [0.25, 0.3) is 10.2 Å². The van der Waals surface area contributed by atoms with Crippen molar-refractivity contribution in [3.05, 3.63) is 0 Å². The van der Waals surface area contributed by atoms with Gasteiger partial charge in [-0.2, -0.15) is 17.4 Å². The molecule has 1 heterocycles. The Morgan fingerprint density at radius 3 is 2.85 bits per heavy atom. The lowest BCUT2D eigenvalue weighted by molar-refractivity contribution is 0.402. The Morgan fingerprint density at radius 2 is 2.38 bits per heavy atom. The Bertz CT molecular complexity index is 305. The molecule has 1 N–H and O–H groups in total. The van der Waals surface area contributed by atoms with Gasteiger partial charge >= 0.3 is 0 Å². The molecule has 13 heavy (non-hydrogen) atoms. The second-order valence-electron chi connectivity index (χ2n) is 3.13. The Balaban J connectivity index is 2.64. The zero-order valence-electron chi connectivity index (χ0n) is 7.66. The fraction of sp³-hybridized carbons (Fsp3) is 0.750. The largest absolute Gasteiger partial charge is 0.280 e. The van der Waals surface area contributed by atoms with E-state index in [1.54, 1.807) is 0 Å². The van der Waals surface area contributed by atoms with Gasteiger partial charge in [-0.25, -0.2) is 0 Å². The van der Waals surface area contributed by atoms with Crippen molar-refractivity contribution in [2.45, 2.75) is 25.8 Å². The molecule has 1 saturated heterocycles. The topological polar surface area (TPSA) is 49.4 Å². The van der Waals surface area contributed by atoms with Gasteiger partial charge in [0.1, 0.15) is 0 Å². The van der Waals surface area contributed by atoms with Gasteiger partial charge in [-0.3, -0.25) is 0 Å². The van der Waals surface area contributed by atoms with Crippen molar-refractivity contribution >= 4 is 10.2 Å². The molecule has 74 valence electrons. The van der Waals surface area contributed by atoms with Crippen molar-refractivity contribution < 1.29 is 8.42 Å².